The summed E-state index contributed by atoms with van der Waals surface area (Å²) in [6.07, 6.45) is 7.42. The number of amides is 1. The number of thiophene rings is 1. The Morgan fingerprint density at radius 1 is 1.13 bits per heavy atom. The van der Waals surface area contributed by atoms with Crippen LogP contribution in [0, 0.1) is 0 Å². The highest BCUT2D eigenvalue weighted by molar-refractivity contribution is 9.10. The van der Waals surface area contributed by atoms with Gasteiger partial charge in [0.2, 0.25) is 0 Å². The van der Waals surface area contributed by atoms with E-state index >= 15 is 0 Å². The molecule has 0 saturated heterocycles. The molecule has 1 aliphatic rings. The van der Waals surface area contributed by atoms with Crippen molar-refractivity contribution in [3.8, 4) is 5.75 Å². The zero-order valence-electron chi connectivity index (χ0n) is 20.4. The number of aromatic carboxylic acids is 1. The SMILES string of the molecule is O=C(O)c1ccc(COc2ccc(C=Nc3sc4c(c3C(=O)NCc3ccco3)CCCC4)cc2Br)cc1. The molecule has 2 heterocycles. The number of carbonyl (C=O) groups is 2. The number of furan rings is 1. The Morgan fingerprint density at radius 3 is 2.68 bits per heavy atom. The first kappa shape index (κ1) is 25.9. The van der Waals surface area contributed by atoms with Crippen LogP contribution in [0.4, 0.5) is 5.00 Å². The van der Waals surface area contributed by atoms with Gasteiger partial charge in [0.1, 0.15) is 23.1 Å². The number of ether oxygens (including phenoxy) is 1. The lowest BCUT2D eigenvalue weighted by molar-refractivity contribution is 0.0696. The molecule has 194 valence electrons. The molecule has 0 fully saturated rings. The van der Waals surface area contributed by atoms with Crippen molar-refractivity contribution in [3.63, 3.8) is 0 Å². The van der Waals surface area contributed by atoms with E-state index in [0.29, 0.717) is 30.2 Å². The van der Waals surface area contributed by atoms with Gasteiger partial charge in [-0.1, -0.05) is 12.1 Å². The third kappa shape index (κ3) is 6.06. The number of carboxylic acids is 1. The lowest BCUT2D eigenvalue weighted by Crippen LogP contribution is -2.23. The molecule has 2 aromatic heterocycles. The first-order valence-electron chi connectivity index (χ1n) is 12.2. The Bertz CT molecular complexity index is 1480. The van der Waals surface area contributed by atoms with E-state index in [4.69, 9.17) is 19.3 Å². The number of halogens is 1. The Morgan fingerprint density at radius 2 is 1.95 bits per heavy atom. The number of hydrogen-bond donors (Lipinski definition) is 2. The molecule has 0 unspecified atom stereocenters. The van der Waals surface area contributed by atoms with E-state index in [0.717, 1.165) is 51.8 Å². The lowest BCUT2D eigenvalue weighted by atomic mass is 9.95. The zero-order valence-corrected chi connectivity index (χ0v) is 22.8. The van der Waals surface area contributed by atoms with E-state index in [9.17, 15) is 9.59 Å². The molecule has 1 aliphatic carbocycles. The van der Waals surface area contributed by atoms with Crippen LogP contribution in [0.15, 0.2) is 74.7 Å². The van der Waals surface area contributed by atoms with Gasteiger partial charge in [0.25, 0.3) is 5.91 Å². The van der Waals surface area contributed by atoms with Crippen molar-refractivity contribution >= 4 is 50.4 Å². The van der Waals surface area contributed by atoms with Gasteiger partial charge in [-0.3, -0.25) is 4.79 Å². The summed E-state index contributed by atoms with van der Waals surface area (Å²) in [6, 6.07) is 15.9. The Balaban J connectivity index is 1.29. The van der Waals surface area contributed by atoms with E-state index in [1.54, 1.807) is 54.1 Å². The number of benzene rings is 2. The number of fused-ring (bicyclic) bond motifs is 1. The van der Waals surface area contributed by atoms with E-state index < -0.39 is 5.97 Å². The summed E-state index contributed by atoms with van der Waals surface area (Å²) in [5.74, 6) is 0.280. The summed E-state index contributed by atoms with van der Waals surface area (Å²) in [5, 5.41) is 12.7. The molecule has 2 N–H and O–H groups in total. The fourth-order valence-corrected chi connectivity index (χ4v) is 6.04. The van der Waals surface area contributed by atoms with Gasteiger partial charge in [-0.15, -0.1) is 11.3 Å². The second-order valence-corrected chi connectivity index (χ2v) is 10.8. The van der Waals surface area contributed by atoms with Crippen molar-refractivity contribution < 1.29 is 23.8 Å². The van der Waals surface area contributed by atoms with Crippen LogP contribution >= 0.6 is 27.3 Å². The predicted octanol–water partition coefficient (Wildman–Crippen LogP) is 6.94. The third-order valence-electron chi connectivity index (χ3n) is 6.27. The number of carbonyl (C=O) groups excluding carboxylic acids is 1. The molecule has 0 radical (unpaired) electrons. The molecule has 2 aromatic carbocycles. The summed E-state index contributed by atoms with van der Waals surface area (Å²) in [6.45, 7) is 0.640. The maximum Gasteiger partial charge on any atom is 0.335 e. The van der Waals surface area contributed by atoms with Crippen LogP contribution in [0.1, 0.15) is 60.9 Å². The van der Waals surface area contributed by atoms with Gasteiger partial charge in [0.15, 0.2) is 0 Å². The van der Waals surface area contributed by atoms with Crippen molar-refractivity contribution in [2.75, 3.05) is 0 Å². The molecule has 9 heteroatoms. The topological polar surface area (TPSA) is 101 Å². The predicted molar refractivity (Wildman–Crippen MR) is 150 cm³/mol. The molecule has 7 nitrogen and oxygen atoms in total. The van der Waals surface area contributed by atoms with Crippen molar-refractivity contribution in [1.82, 2.24) is 5.32 Å². The first-order chi connectivity index (χ1) is 18.5. The van der Waals surface area contributed by atoms with Gasteiger partial charge in [0.05, 0.1) is 28.4 Å². The van der Waals surface area contributed by atoms with E-state index in [1.165, 1.54) is 4.88 Å². The monoisotopic (exact) mass is 592 g/mol. The lowest BCUT2D eigenvalue weighted by Gasteiger charge is -2.12. The fraction of sp³-hybridized carbons (Fsp3) is 0.207. The maximum absolute atomic E-state index is 13.2. The van der Waals surface area contributed by atoms with E-state index in [-0.39, 0.29) is 11.5 Å². The summed E-state index contributed by atoms with van der Waals surface area (Å²) in [7, 11) is 0. The zero-order chi connectivity index (χ0) is 26.5. The summed E-state index contributed by atoms with van der Waals surface area (Å²) in [5.41, 5.74) is 3.76. The van der Waals surface area contributed by atoms with E-state index in [1.807, 2.05) is 24.3 Å². The minimum atomic E-state index is -0.957. The van der Waals surface area contributed by atoms with Gasteiger partial charge < -0.3 is 19.6 Å². The molecule has 0 spiro atoms. The van der Waals surface area contributed by atoms with Gasteiger partial charge in [-0.05, 0) is 101 Å². The molecule has 4 aromatic rings. The van der Waals surface area contributed by atoms with Crippen LogP contribution in [0.25, 0.3) is 0 Å². The highest BCUT2D eigenvalue weighted by atomic mass is 79.9. The molecule has 5 rings (SSSR count). The highest BCUT2D eigenvalue weighted by Gasteiger charge is 2.25. The fourth-order valence-electron chi connectivity index (χ4n) is 4.30. The molecule has 0 aliphatic heterocycles. The number of aliphatic imine (C=N–C) groups is 1. The average Bonchev–Trinajstić information content (AvgIpc) is 3.58. The van der Waals surface area contributed by atoms with Gasteiger partial charge in [0, 0.05) is 11.1 Å². The van der Waals surface area contributed by atoms with Crippen LogP contribution in [-0.2, 0) is 26.0 Å². The van der Waals surface area contributed by atoms with Crippen molar-refractivity contribution in [2.45, 2.75) is 38.8 Å². The first-order valence-corrected chi connectivity index (χ1v) is 13.8. The number of nitrogens with one attached hydrogen (secondary N) is 1. The molecule has 38 heavy (non-hydrogen) atoms. The molecular weight excluding hydrogens is 568 g/mol. The smallest absolute Gasteiger partial charge is 0.335 e. The Kier molecular flexibility index (Phi) is 8.05. The number of nitrogens with zero attached hydrogens (tertiary/aromatic N) is 1. The van der Waals surface area contributed by atoms with Gasteiger partial charge in [-0.2, -0.15) is 0 Å². The van der Waals surface area contributed by atoms with Gasteiger partial charge in [-0.25, -0.2) is 9.79 Å². The molecule has 0 saturated carbocycles. The van der Waals surface area contributed by atoms with Crippen LogP contribution in [0.5, 0.6) is 5.75 Å². The van der Waals surface area contributed by atoms with Crippen LogP contribution < -0.4 is 10.1 Å². The number of rotatable bonds is 9. The van der Waals surface area contributed by atoms with Gasteiger partial charge >= 0.3 is 5.97 Å². The molecule has 0 bridgehead atoms. The van der Waals surface area contributed by atoms with Crippen molar-refractivity contribution in [3.05, 3.63) is 104 Å². The quantitative estimate of drug-likeness (QED) is 0.205. The number of aryl methyl sites for hydroxylation is 1. The van der Waals surface area contributed by atoms with Crippen LogP contribution in [0.3, 0.4) is 0 Å². The van der Waals surface area contributed by atoms with Crippen LogP contribution in [0.2, 0.25) is 0 Å². The maximum atomic E-state index is 13.2. The second kappa shape index (κ2) is 11.8. The standard InChI is InChI=1S/C29H25BrN2O5S/c30-23-14-19(9-12-24(23)37-17-18-7-10-20(11-8-18)29(34)35)15-32-28-26(22-5-1-2-6-25(22)38-28)27(33)31-16-21-4-3-13-36-21/h3-4,7-15H,1-2,5-6,16-17H2,(H,31,33)(H,34,35). The van der Waals surface area contributed by atoms with Crippen molar-refractivity contribution in [1.29, 1.82) is 0 Å². The van der Waals surface area contributed by atoms with Crippen molar-refractivity contribution in [2.24, 2.45) is 4.99 Å². The second-order valence-electron chi connectivity index (χ2n) is 8.89. The minimum absolute atomic E-state index is 0.130. The molecular formula is C29H25BrN2O5S. The summed E-state index contributed by atoms with van der Waals surface area (Å²) >= 11 is 5.16. The Hall–Kier alpha value is -3.69. The number of hydrogen-bond acceptors (Lipinski definition) is 6. The largest absolute Gasteiger partial charge is 0.488 e. The summed E-state index contributed by atoms with van der Waals surface area (Å²) in [4.78, 5) is 30.2. The molecule has 0 atom stereocenters. The Labute approximate surface area is 232 Å². The van der Waals surface area contributed by atoms with Crippen LogP contribution in [-0.4, -0.2) is 23.2 Å². The average molecular weight is 593 g/mol. The highest BCUT2D eigenvalue weighted by Crippen LogP contribution is 2.40. The molecule has 1 amide bonds. The number of carboxylic acid groups (broad SMARTS) is 1. The van der Waals surface area contributed by atoms with E-state index in [2.05, 4.69) is 21.2 Å². The third-order valence-corrected chi connectivity index (χ3v) is 8.08. The normalized spacial score (nSPS) is 12.9. The minimum Gasteiger partial charge on any atom is -0.488 e. The summed E-state index contributed by atoms with van der Waals surface area (Å²) < 4.78 is 12.0.